The lowest BCUT2D eigenvalue weighted by Gasteiger charge is -2.37. The fraction of sp³-hybridized carbons (Fsp3) is 0.304. The molecule has 3 heterocycles. The summed E-state index contributed by atoms with van der Waals surface area (Å²) in [5.41, 5.74) is 2.20. The number of hydrogen-bond acceptors (Lipinski definition) is 6. The van der Waals surface area contributed by atoms with Gasteiger partial charge in [-0.2, -0.15) is 0 Å². The summed E-state index contributed by atoms with van der Waals surface area (Å²) < 4.78 is 0. The van der Waals surface area contributed by atoms with Crippen LogP contribution in [-0.4, -0.2) is 65.2 Å². The van der Waals surface area contributed by atoms with Crippen LogP contribution in [0, 0.1) is 0 Å². The molecular weight excluding hydrogens is 394 g/mol. The number of carbonyl (C=O) groups excluding carboxylic acids is 3. The molecule has 31 heavy (non-hydrogen) atoms. The van der Waals surface area contributed by atoms with Crippen LogP contribution in [0.25, 0.3) is 5.57 Å². The first-order valence-electron chi connectivity index (χ1n) is 10.4. The van der Waals surface area contributed by atoms with Gasteiger partial charge >= 0.3 is 0 Å². The van der Waals surface area contributed by atoms with E-state index in [2.05, 4.69) is 15.2 Å². The highest BCUT2D eigenvalue weighted by atomic mass is 16.2. The lowest BCUT2D eigenvalue weighted by atomic mass is 10.0. The van der Waals surface area contributed by atoms with Crippen molar-refractivity contribution in [1.82, 2.24) is 14.8 Å². The van der Waals surface area contributed by atoms with Crippen molar-refractivity contribution >= 4 is 34.8 Å². The molecule has 1 N–H and O–H groups in total. The number of hydrogen-bond donors (Lipinski definition) is 1. The van der Waals surface area contributed by atoms with Crippen molar-refractivity contribution in [2.24, 2.45) is 0 Å². The van der Waals surface area contributed by atoms with Crippen LogP contribution in [0.3, 0.4) is 0 Å². The Morgan fingerprint density at radius 3 is 2.23 bits per heavy atom. The van der Waals surface area contributed by atoms with Crippen molar-refractivity contribution in [1.29, 1.82) is 0 Å². The maximum Gasteiger partial charge on any atom is 0.277 e. The van der Waals surface area contributed by atoms with Crippen LogP contribution in [0.4, 0.5) is 11.5 Å². The SMILES string of the molecule is CCN1C(=O)C(c2ccc(NC(C)=O)cc2)=C(N2CCN(c3ccccn3)CC2)C1=O. The zero-order valence-electron chi connectivity index (χ0n) is 17.7. The van der Waals surface area contributed by atoms with E-state index in [1.54, 1.807) is 37.4 Å². The maximum absolute atomic E-state index is 13.1. The number of benzene rings is 1. The predicted octanol–water partition coefficient (Wildman–Crippen LogP) is 1.96. The van der Waals surface area contributed by atoms with Crippen LogP contribution < -0.4 is 10.2 Å². The summed E-state index contributed by atoms with van der Waals surface area (Å²) in [6.07, 6.45) is 1.77. The third kappa shape index (κ3) is 4.01. The molecule has 2 aliphatic rings. The molecule has 0 bridgehead atoms. The zero-order chi connectivity index (χ0) is 22.0. The molecule has 160 valence electrons. The van der Waals surface area contributed by atoms with Gasteiger partial charge in [0.2, 0.25) is 5.91 Å². The van der Waals surface area contributed by atoms with Crippen LogP contribution in [-0.2, 0) is 14.4 Å². The molecule has 4 rings (SSSR count). The van der Waals surface area contributed by atoms with E-state index < -0.39 is 0 Å². The Hall–Kier alpha value is -3.68. The number of carbonyl (C=O) groups is 3. The van der Waals surface area contributed by atoms with Crippen molar-refractivity contribution in [3.8, 4) is 0 Å². The largest absolute Gasteiger partial charge is 0.363 e. The van der Waals surface area contributed by atoms with E-state index in [1.807, 2.05) is 23.1 Å². The minimum absolute atomic E-state index is 0.164. The molecule has 2 aromatic rings. The van der Waals surface area contributed by atoms with Crippen molar-refractivity contribution < 1.29 is 14.4 Å². The van der Waals surface area contributed by atoms with Crippen molar-refractivity contribution in [2.75, 3.05) is 42.9 Å². The zero-order valence-corrected chi connectivity index (χ0v) is 17.7. The van der Waals surface area contributed by atoms with Crippen molar-refractivity contribution in [2.45, 2.75) is 13.8 Å². The summed E-state index contributed by atoms with van der Waals surface area (Å²) in [6.45, 7) is 6.23. The molecule has 0 unspecified atom stereocenters. The highest BCUT2D eigenvalue weighted by Crippen LogP contribution is 2.33. The van der Waals surface area contributed by atoms with E-state index in [4.69, 9.17) is 0 Å². The fourth-order valence-corrected chi connectivity index (χ4v) is 4.03. The number of amides is 3. The number of aromatic nitrogens is 1. The predicted molar refractivity (Wildman–Crippen MR) is 118 cm³/mol. The molecular formula is C23H25N5O3. The number of rotatable bonds is 5. The summed E-state index contributed by atoms with van der Waals surface area (Å²) in [4.78, 5) is 47.4. The molecule has 0 atom stereocenters. The molecule has 0 saturated carbocycles. The number of anilines is 2. The highest BCUT2D eigenvalue weighted by molar-refractivity contribution is 6.35. The monoisotopic (exact) mass is 419 g/mol. The quantitative estimate of drug-likeness (QED) is 0.746. The van der Waals surface area contributed by atoms with Gasteiger partial charge in [0, 0.05) is 51.5 Å². The molecule has 0 aliphatic carbocycles. The van der Waals surface area contributed by atoms with Gasteiger partial charge in [0.05, 0.1) is 5.57 Å². The first kappa shape index (κ1) is 20.6. The topological polar surface area (TPSA) is 85.8 Å². The third-order valence-electron chi connectivity index (χ3n) is 5.52. The van der Waals surface area contributed by atoms with Crippen LogP contribution in [0.2, 0.25) is 0 Å². The molecule has 2 aliphatic heterocycles. The number of imide groups is 1. The van der Waals surface area contributed by atoms with Gasteiger partial charge in [-0.25, -0.2) is 4.98 Å². The summed E-state index contributed by atoms with van der Waals surface area (Å²) in [5.74, 6) is 0.221. The molecule has 1 saturated heterocycles. The standard InChI is InChI=1S/C23H25N5O3/c1-3-28-22(30)20(17-7-9-18(10-8-17)25-16(2)29)21(23(28)31)27-14-12-26(13-15-27)19-6-4-5-11-24-19/h4-11H,3,12-15H2,1-2H3,(H,25,29). The molecule has 1 fully saturated rings. The second-order valence-electron chi connectivity index (χ2n) is 7.50. The second kappa shape index (κ2) is 8.59. The molecule has 8 heteroatoms. The fourth-order valence-electron chi connectivity index (χ4n) is 4.03. The van der Waals surface area contributed by atoms with Gasteiger partial charge in [-0.1, -0.05) is 18.2 Å². The Bertz CT molecular complexity index is 1020. The van der Waals surface area contributed by atoms with Gasteiger partial charge in [0.1, 0.15) is 11.5 Å². The maximum atomic E-state index is 13.1. The number of nitrogens with one attached hydrogen (secondary N) is 1. The van der Waals surface area contributed by atoms with Gasteiger partial charge in [-0.3, -0.25) is 19.3 Å². The summed E-state index contributed by atoms with van der Waals surface area (Å²) >= 11 is 0. The van der Waals surface area contributed by atoms with E-state index in [-0.39, 0.29) is 17.7 Å². The Kier molecular flexibility index (Phi) is 5.70. The molecule has 3 amide bonds. The molecule has 0 spiro atoms. The number of pyridine rings is 1. The smallest absolute Gasteiger partial charge is 0.277 e. The lowest BCUT2D eigenvalue weighted by Crippen LogP contribution is -2.47. The Morgan fingerprint density at radius 1 is 0.968 bits per heavy atom. The summed E-state index contributed by atoms with van der Waals surface area (Å²) in [7, 11) is 0. The van der Waals surface area contributed by atoms with E-state index in [1.165, 1.54) is 11.8 Å². The van der Waals surface area contributed by atoms with Gasteiger partial charge < -0.3 is 15.1 Å². The van der Waals surface area contributed by atoms with Crippen molar-refractivity contribution in [3.63, 3.8) is 0 Å². The molecule has 1 aromatic carbocycles. The number of piperazine rings is 1. The minimum Gasteiger partial charge on any atom is -0.363 e. The van der Waals surface area contributed by atoms with E-state index >= 15 is 0 Å². The average molecular weight is 419 g/mol. The average Bonchev–Trinajstić information content (AvgIpc) is 3.04. The van der Waals surface area contributed by atoms with E-state index in [0.717, 1.165) is 5.82 Å². The summed E-state index contributed by atoms with van der Waals surface area (Å²) in [6, 6.07) is 12.8. The Balaban J connectivity index is 1.62. The van der Waals surface area contributed by atoms with Gasteiger partial charge in [-0.15, -0.1) is 0 Å². The second-order valence-corrected chi connectivity index (χ2v) is 7.50. The van der Waals surface area contributed by atoms with Gasteiger partial charge in [-0.05, 0) is 36.8 Å². The highest BCUT2D eigenvalue weighted by Gasteiger charge is 2.41. The van der Waals surface area contributed by atoms with Crippen molar-refractivity contribution in [3.05, 3.63) is 59.9 Å². The van der Waals surface area contributed by atoms with E-state index in [0.29, 0.717) is 55.2 Å². The molecule has 8 nitrogen and oxygen atoms in total. The van der Waals surface area contributed by atoms with Crippen LogP contribution in [0.15, 0.2) is 54.4 Å². The minimum atomic E-state index is -0.276. The molecule has 1 aromatic heterocycles. The van der Waals surface area contributed by atoms with Crippen LogP contribution in [0.1, 0.15) is 19.4 Å². The Morgan fingerprint density at radius 2 is 1.65 bits per heavy atom. The first-order valence-corrected chi connectivity index (χ1v) is 10.4. The van der Waals surface area contributed by atoms with Crippen LogP contribution >= 0.6 is 0 Å². The van der Waals surface area contributed by atoms with E-state index in [9.17, 15) is 14.4 Å². The lowest BCUT2D eigenvalue weighted by molar-refractivity contribution is -0.137. The number of likely N-dealkylation sites (N-methyl/N-ethyl adjacent to an activating group) is 1. The first-order chi connectivity index (χ1) is 15.0. The molecule has 0 radical (unpaired) electrons. The summed E-state index contributed by atoms with van der Waals surface area (Å²) in [5, 5.41) is 2.72. The van der Waals surface area contributed by atoms with Gasteiger partial charge in [0.25, 0.3) is 11.8 Å². The normalized spacial score (nSPS) is 16.9. The number of nitrogens with zero attached hydrogens (tertiary/aromatic N) is 4. The Labute approximate surface area is 181 Å². The third-order valence-corrected chi connectivity index (χ3v) is 5.52. The van der Waals surface area contributed by atoms with Crippen LogP contribution in [0.5, 0.6) is 0 Å². The van der Waals surface area contributed by atoms with Gasteiger partial charge in [0.15, 0.2) is 0 Å².